The number of carbonyl (C=O) groups is 1. The average molecular weight is 168 g/mol. The number of carboxylic acids is 1. The lowest BCUT2D eigenvalue weighted by molar-refractivity contribution is -0.132. The van der Waals surface area contributed by atoms with Crippen molar-refractivity contribution in [3.8, 4) is 0 Å². The van der Waals surface area contributed by atoms with Gasteiger partial charge in [0.25, 0.3) is 0 Å². The van der Waals surface area contributed by atoms with Crippen molar-refractivity contribution in [1.82, 2.24) is 0 Å². The lowest BCUT2D eigenvalue weighted by Gasteiger charge is -2.28. The molecule has 66 valence electrons. The first kappa shape index (κ1) is 8.96. The lowest BCUT2D eigenvalue weighted by Crippen LogP contribution is -2.52. The van der Waals surface area contributed by atoms with Gasteiger partial charge in [-0.15, -0.1) is 0 Å². The Labute approximate surface area is 70.5 Å². The van der Waals surface area contributed by atoms with Gasteiger partial charge in [0.1, 0.15) is 0 Å². The summed E-state index contributed by atoms with van der Waals surface area (Å²) < 4.78 is 0. The zero-order valence-corrected chi connectivity index (χ0v) is 6.87. The van der Waals surface area contributed by atoms with Gasteiger partial charge in [0.2, 0.25) is 0 Å². The van der Waals surface area contributed by atoms with Crippen molar-refractivity contribution < 1.29 is 9.90 Å². The van der Waals surface area contributed by atoms with Crippen LogP contribution in [0, 0.1) is 0 Å². The summed E-state index contributed by atoms with van der Waals surface area (Å²) in [6.45, 7) is 1.79. The molecular formula is C8H12N2O2. The molecule has 1 aliphatic rings. The van der Waals surface area contributed by atoms with Crippen LogP contribution in [0.25, 0.3) is 0 Å². The molecule has 0 radical (unpaired) electrons. The summed E-state index contributed by atoms with van der Waals surface area (Å²) >= 11 is 0. The van der Waals surface area contributed by atoms with E-state index in [1.54, 1.807) is 13.0 Å². The molecule has 0 aromatic heterocycles. The van der Waals surface area contributed by atoms with E-state index in [4.69, 9.17) is 16.6 Å². The van der Waals surface area contributed by atoms with Crippen molar-refractivity contribution in [1.29, 1.82) is 0 Å². The molecule has 1 rings (SSSR count). The van der Waals surface area contributed by atoms with E-state index >= 15 is 0 Å². The quantitative estimate of drug-likeness (QED) is 0.479. The standard InChI is InChI=1S/C8H12N2O2/c1-5-2-3-6(7(11)12)4-8(5,9)10/h2-3H,4,9-10H2,1H3,(H,11,12). The Bertz CT molecular complexity index is 277. The molecule has 0 fully saturated rings. The number of hydrogen-bond acceptors (Lipinski definition) is 3. The molecule has 0 atom stereocenters. The van der Waals surface area contributed by atoms with Gasteiger partial charge in [0.05, 0.1) is 5.66 Å². The van der Waals surface area contributed by atoms with E-state index in [1.165, 1.54) is 6.08 Å². The van der Waals surface area contributed by atoms with Crippen LogP contribution in [0.2, 0.25) is 0 Å². The van der Waals surface area contributed by atoms with Crippen LogP contribution in [-0.2, 0) is 4.79 Å². The zero-order chi connectivity index (χ0) is 9.35. The van der Waals surface area contributed by atoms with Crippen molar-refractivity contribution in [2.45, 2.75) is 19.0 Å². The van der Waals surface area contributed by atoms with E-state index in [0.29, 0.717) is 0 Å². The summed E-state index contributed by atoms with van der Waals surface area (Å²) in [6.07, 6.45) is 3.37. The van der Waals surface area contributed by atoms with Crippen molar-refractivity contribution in [2.24, 2.45) is 11.5 Å². The molecule has 0 aliphatic heterocycles. The summed E-state index contributed by atoms with van der Waals surface area (Å²) in [5.41, 5.74) is 11.4. The zero-order valence-electron chi connectivity index (χ0n) is 6.87. The van der Waals surface area contributed by atoms with Crippen molar-refractivity contribution >= 4 is 5.97 Å². The molecule has 0 amide bonds. The van der Waals surface area contributed by atoms with Crippen LogP contribution in [0.5, 0.6) is 0 Å². The minimum atomic E-state index is -0.998. The SMILES string of the molecule is CC1=CC=C(C(=O)O)CC1(N)N. The second kappa shape index (κ2) is 2.73. The van der Waals surface area contributed by atoms with Gasteiger partial charge in [-0.05, 0) is 12.5 Å². The molecule has 0 bridgehead atoms. The van der Waals surface area contributed by atoms with Gasteiger partial charge in [0.15, 0.2) is 0 Å². The second-order valence-electron chi connectivity index (χ2n) is 3.06. The first-order valence-corrected chi connectivity index (χ1v) is 3.62. The third kappa shape index (κ3) is 1.54. The number of rotatable bonds is 1. The van der Waals surface area contributed by atoms with E-state index in [-0.39, 0.29) is 12.0 Å². The molecule has 0 saturated heterocycles. The maximum absolute atomic E-state index is 10.5. The molecule has 1 aliphatic carbocycles. The molecule has 0 saturated carbocycles. The van der Waals surface area contributed by atoms with Crippen LogP contribution in [0.3, 0.4) is 0 Å². The fourth-order valence-corrected chi connectivity index (χ4v) is 1.04. The van der Waals surface area contributed by atoms with Gasteiger partial charge in [-0.25, -0.2) is 4.79 Å². The number of allylic oxidation sites excluding steroid dienone is 2. The minimum Gasteiger partial charge on any atom is -0.478 e. The van der Waals surface area contributed by atoms with Crippen molar-refractivity contribution in [2.75, 3.05) is 0 Å². The van der Waals surface area contributed by atoms with Crippen LogP contribution in [0.15, 0.2) is 23.3 Å². The number of aliphatic carboxylic acids is 1. The number of nitrogens with two attached hydrogens (primary N) is 2. The van der Waals surface area contributed by atoms with Gasteiger partial charge < -0.3 is 16.6 Å². The third-order valence-corrected chi connectivity index (χ3v) is 2.03. The summed E-state index contributed by atoms with van der Waals surface area (Å²) in [4.78, 5) is 10.5. The fraction of sp³-hybridized carbons (Fsp3) is 0.375. The Balaban J connectivity index is 2.95. The molecule has 5 N–H and O–H groups in total. The van der Waals surface area contributed by atoms with Crippen molar-refractivity contribution in [3.63, 3.8) is 0 Å². The highest BCUT2D eigenvalue weighted by Crippen LogP contribution is 2.22. The highest BCUT2D eigenvalue weighted by atomic mass is 16.4. The molecular weight excluding hydrogens is 156 g/mol. The van der Waals surface area contributed by atoms with E-state index < -0.39 is 11.6 Å². The highest BCUT2D eigenvalue weighted by molar-refractivity contribution is 5.87. The second-order valence-corrected chi connectivity index (χ2v) is 3.06. The molecule has 0 aromatic carbocycles. The molecule has 0 heterocycles. The normalized spacial score (nSPS) is 21.2. The van der Waals surface area contributed by atoms with Crippen LogP contribution in [0.1, 0.15) is 13.3 Å². The van der Waals surface area contributed by atoms with Gasteiger partial charge >= 0.3 is 5.97 Å². The Kier molecular flexibility index (Phi) is 2.04. The predicted octanol–water partition coefficient (Wildman–Crippen LogP) is -0.0389. The van der Waals surface area contributed by atoms with Crippen LogP contribution >= 0.6 is 0 Å². The van der Waals surface area contributed by atoms with E-state index in [0.717, 1.165) is 5.57 Å². The molecule has 4 heteroatoms. The smallest absolute Gasteiger partial charge is 0.331 e. The van der Waals surface area contributed by atoms with E-state index in [2.05, 4.69) is 0 Å². The van der Waals surface area contributed by atoms with Crippen LogP contribution in [-0.4, -0.2) is 16.7 Å². The monoisotopic (exact) mass is 168 g/mol. The predicted molar refractivity (Wildman–Crippen MR) is 45.2 cm³/mol. The van der Waals surface area contributed by atoms with Crippen molar-refractivity contribution in [3.05, 3.63) is 23.3 Å². The first-order chi connectivity index (χ1) is 5.43. The van der Waals surface area contributed by atoms with Gasteiger partial charge in [0, 0.05) is 12.0 Å². The number of carboxylic acid groups (broad SMARTS) is 1. The van der Waals surface area contributed by atoms with Crippen LogP contribution in [0.4, 0.5) is 0 Å². The molecule has 0 unspecified atom stereocenters. The molecule has 12 heavy (non-hydrogen) atoms. The van der Waals surface area contributed by atoms with Crippen LogP contribution < -0.4 is 11.5 Å². The summed E-state index contributed by atoms with van der Waals surface area (Å²) in [7, 11) is 0. The summed E-state index contributed by atoms with van der Waals surface area (Å²) in [5.74, 6) is -0.959. The van der Waals surface area contributed by atoms with Gasteiger partial charge in [-0.2, -0.15) is 0 Å². The van der Waals surface area contributed by atoms with E-state index in [9.17, 15) is 4.79 Å². The van der Waals surface area contributed by atoms with E-state index in [1.807, 2.05) is 0 Å². The Hall–Kier alpha value is -1.13. The summed E-state index contributed by atoms with van der Waals surface area (Å²) in [5, 5.41) is 8.65. The molecule has 0 spiro atoms. The molecule has 4 nitrogen and oxygen atoms in total. The Morgan fingerprint density at radius 1 is 1.58 bits per heavy atom. The minimum absolute atomic E-state index is 0.185. The number of hydrogen-bond donors (Lipinski definition) is 3. The van der Waals surface area contributed by atoms with Gasteiger partial charge in [-0.1, -0.05) is 12.2 Å². The maximum Gasteiger partial charge on any atom is 0.331 e. The Morgan fingerprint density at radius 2 is 2.17 bits per heavy atom. The average Bonchev–Trinajstić information content (AvgIpc) is 1.94. The topological polar surface area (TPSA) is 89.3 Å². The Morgan fingerprint density at radius 3 is 2.58 bits per heavy atom. The lowest BCUT2D eigenvalue weighted by atomic mass is 9.89. The summed E-state index contributed by atoms with van der Waals surface area (Å²) in [6, 6.07) is 0. The highest BCUT2D eigenvalue weighted by Gasteiger charge is 2.27. The third-order valence-electron chi connectivity index (χ3n) is 2.03. The fourth-order valence-electron chi connectivity index (χ4n) is 1.04. The van der Waals surface area contributed by atoms with Gasteiger partial charge in [-0.3, -0.25) is 0 Å². The molecule has 0 aromatic rings. The largest absolute Gasteiger partial charge is 0.478 e. The maximum atomic E-state index is 10.5. The first-order valence-electron chi connectivity index (χ1n) is 3.62.